The van der Waals surface area contributed by atoms with E-state index < -0.39 is 0 Å². The van der Waals surface area contributed by atoms with Gasteiger partial charge in [0, 0.05) is 4.73 Å². The number of halogens is 1. The predicted octanol–water partition coefficient (Wildman–Crippen LogP) is -0.0705. The summed E-state index contributed by atoms with van der Waals surface area (Å²) >= 11 is 3.09. The number of alkyl halides is 1. The van der Waals surface area contributed by atoms with Crippen LogP contribution in [-0.4, -0.2) is 18.4 Å². The molecular formula is C3H6BBrO. The van der Waals surface area contributed by atoms with Crippen LogP contribution in [0.2, 0.25) is 0 Å². The maximum absolute atomic E-state index is 10.1. The van der Waals surface area contributed by atoms with Gasteiger partial charge in [-0.15, -0.1) is 0 Å². The molecule has 0 aromatic rings. The van der Waals surface area contributed by atoms with Crippen LogP contribution in [0.3, 0.4) is 0 Å². The van der Waals surface area contributed by atoms with Gasteiger partial charge in [0.05, 0.1) is 0 Å². The third kappa shape index (κ3) is 2.45. The maximum atomic E-state index is 10.1. The normalized spacial score (nSPS) is 13.7. The molecule has 0 rings (SSSR count). The Morgan fingerprint density at radius 3 is 2.17 bits per heavy atom. The van der Waals surface area contributed by atoms with Crippen LogP contribution >= 0.6 is 15.9 Å². The molecule has 0 aliphatic carbocycles. The van der Waals surface area contributed by atoms with Crippen molar-refractivity contribution < 1.29 is 4.79 Å². The molecule has 0 aromatic heterocycles. The van der Waals surface area contributed by atoms with Crippen molar-refractivity contribution in [3.05, 3.63) is 0 Å². The van der Waals surface area contributed by atoms with Crippen molar-refractivity contribution >= 4 is 29.6 Å². The van der Waals surface area contributed by atoms with Gasteiger partial charge in [0.15, 0.2) is 0 Å². The Morgan fingerprint density at radius 2 is 2.17 bits per heavy atom. The Balaban J connectivity index is 3.26. The second-order valence-electron chi connectivity index (χ2n) is 1.23. The molecule has 0 spiro atoms. The minimum absolute atomic E-state index is 0.0255. The fraction of sp³-hybridized carbons (Fsp3) is 0.667. The van der Waals surface area contributed by atoms with Crippen LogP contribution in [-0.2, 0) is 4.79 Å². The first-order valence-corrected chi connectivity index (χ1v) is 2.70. The highest BCUT2D eigenvalue weighted by atomic mass is 79.9. The second-order valence-corrected chi connectivity index (χ2v) is 2.60. The topological polar surface area (TPSA) is 17.1 Å². The van der Waals surface area contributed by atoms with E-state index >= 15 is 0 Å². The Kier molecular flexibility index (Phi) is 2.48. The van der Waals surface area contributed by atoms with E-state index in [0.717, 1.165) is 0 Å². The molecule has 0 bridgehead atoms. The zero-order valence-corrected chi connectivity index (χ0v) is 5.45. The van der Waals surface area contributed by atoms with Gasteiger partial charge in [0.25, 0.3) is 0 Å². The van der Waals surface area contributed by atoms with Gasteiger partial charge in [-0.25, -0.2) is 0 Å². The molecule has 0 fully saturated rings. The van der Waals surface area contributed by atoms with Gasteiger partial charge in [-0.3, -0.25) is 4.79 Å². The summed E-state index contributed by atoms with van der Waals surface area (Å²) in [4.78, 5) is 10.1. The van der Waals surface area contributed by atoms with Gasteiger partial charge in [-0.05, 0) is 6.92 Å². The number of carbonyl (C=O) groups excluding carboxylic acids is 1. The predicted molar refractivity (Wildman–Crippen MR) is 31.9 cm³/mol. The van der Waals surface area contributed by atoms with Crippen molar-refractivity contribution in [2.24, 2.45) is 0 Å². The van der Waals surface area contributed by atoms with Crippen LogP contribution in [0.4, 0.5) is 0 Å². The molecule has 0 N–H and O–H groups in total. The second kappa shape index (κ2) is 2.40. The third-order valence-corrected chi connectivity index (χ3v) is 1.20. The molecule has 1 nitrogen and oxygen atoms in total. The summed E-state index contributed by atoms with van der Waals surface area (Å²) in [5, 5.41) is 0. The van der Waals surface area contributed by atoms with Crippen LogP contribution in [0.1, 0.15) is 6.92 Å². The average Bonchev–Trinajstić information content (AvgIpc) is 1.36. The molecule has 0 aliphatic heterocycles. The molecule has 0 amide bonds. The molecule has 3 heteroatoms. The first-order chi connectivity index (χ1) is 2.64. The third-order valence-electron chi connectivity index (χ3n) is 0.560. The monoisotopic (exact) mass is 148 g/mol. The van der Waals surface area contributed by atoms with Crippen molar-refractivity contribution in [1.82, 2.24) is 0 Å². The molecular weight excluding hydrogens is 143 g/mol. The van der Waals surface area contributed by atoms with E-state index in [4.69, 9.17) is 0 Å². The van der Waals surface area contributed by atoms with Gasteiger partial charge in [0.1, 0.15) is 13.6 Å². The first-order valence-electron chi connectivity index (χ1n) is 1.79. The molecule has 0 aromatic carbocycles. The van der Waals surface area contributed by atoms with E-state index in [1.165, 1.54) is 0 Å². The van der Waals surface area contributed by atoms with Gasteiger partial charge in [0.2, 0.25) is 0 Å². The highest BCUT2D eigenvalue weighted by molar-refractivity contribution is 9.10. The van der Waals surface area contributed by atoms with Crippen molar-refractivity contribution in [1.29, 1.82) is 0 Å². The molecule has 1 unspecified atom stereocenters. The highest BCUT2D eigenvalue weighted by Crippen LogP contribution is 1.91. The summed E-state index contributed by atoms with van der Waals surface area (Å²) in [6.07, 6.45) is 0. The van der Waals surface area contributed by atoms with Crippen molar-refractivity contribution in [3.8, 4) is 0 Å². The molecule has 0 saturated carbocycles. The lowest BCUT2D eigenvalue weighted by Gasteiger charge is -1.88. The molecule has 34 valence electrons. The molecule has 0 radical (unpaired) electrons. The van der Waals surface area contributed by atoms with E-state index in [1.807, 2.05) is 7.85 Å². The number of ketones is 1. The SMILES string of the molecule is BC(Br)C(C)=O. The Morgan fingerprint density at radius 1 is 2.00 bits per heavy atom. The highest BCUT2D eigenvalue weighted by Gasteiger charge is 1.97. The lowest BCUT2D eigenvalue weighted by atomic mass is 10.0. The van der Waals surface area contributed by atoms with Crippen molar-refractivity contribution in [2.45, 2.75) is 11.7 Å². The smallest absolute Gasteiger partial charge is 0.135 e. The quantitative estimate of drug-likeness (QED) is 0.376. The molecule has 1 atom stereocenters. The van der Waals surface area contributed by atoms with E-state index in [0.29, 0.717) is 0 Å². The van der Waals surface area contributed by atoms with E-state index in [-0.39, 0.29) is 10.5 Å². The van der Waals surface area contributed by atoms with Crippen molar-refractivity contribution in [3.63, 3.8) is 0 Å². The van der Waals surface area contributed by atoms with E-state index in [1.54, 1.807) is 6.92 Å². The summed E-state index contributed by atoms with van der Waals surface area (Å²) in [5.41, 5.74) is 0. The number of rotatable bonds is 1. The minimum Gasteiger partial charge on any atom is -0.300 e. The van der Waals surface area contributed by atoms with Crippen LogP contribution < -0.4 is 0 Å². The van der Waals surface area contributed by atoms with Crippen LogP contribution in [0, 0.1) is 0 Å². The Bertz CT molecular complexity index is 61.8. The van der Waals surface area contributed by atoms with Crippen molar-refractivity contribution in [2.75, 3.05) is 0 Å². The molecule has 0 aliphatic rings. The van der Waals surface area contributed by atoms with Gasteiger partial charge >= 0.3 is 0 Å². The summed E-state index contributed by atoms with van der Waals surface area (Å²) in [6.45, 7) is 1.55. The van der Waals surface area contributed by atoms with E-state index in [9.17, 15) is 4.79 Å². The molecule has 0 heterocycles. The number of Topliss-reactive ketones (excluding diaryl/α,β-unsaturated/α-hetero) is 1. The van der Waals surface area contributed by atoms with Gasteiger partial charge in [-0.1, -0.05) is 15.9 Å². The standard InChI is InChI=1S/C3H6BBrO/c1-2(6)3(4)5/h3H,4H2,1H3. The lowest BCUT2D eigenvalue weighted by molar-refractivity contribution is -0.115. The van der Waals surface area contributed by atoms with Crippen LogP contribution in [0.25, 0.3) is 0 Å². The lowest BCUT2D eigenvalue weighted by Crippen LogP contribution is -2.07. The maximum Gasteiger partial charge on any atom is 0.135 e. The zero-order chi connectivity index (χ0) is 5.15. The van der Waals surface area contributed by atoms with Crippen LogP contribution in [0.5, 0.6) is 0 Å². The fourth-order valence-electron chi connectivity index (χ4n) is 0. The summed E-state index contributed by atoms with van der Waals surface area (Å²) in [6, 6.07) is 0. The first kappa shape index (κ1) is 6.21. The van der Waals surface area contributed by atoms with E-state index in [2.05, 4.69) is 15.9 Å². The summed E-state index contributed by atoms with van der Waals surface area (Å²) < 4.78 is 0.0255. The summed E-state index contributed by atoms with van der Waals surface area (Å²) in [5.74, 6) is 0.176. The largest absolute Gasteiger partial charge is 0.300 e. The zero-order valence-electron chi connectivity index (χ0n) is 3.86. The van der Waals surface area contributed by atoms with Gasteiger partial charge < -0.3 is 0 Å². The van der Waals surface area contributed by atoms with Gasteiger partial charge in [-0.2, -0.15) is 0 Å². The minimum atomic E-state index is 0.0255. The molecule has 0 saturated heterocycles. The average molecular weight is 149 g/mol. The van der Waals surface area contributed by atoms with Crippen LogP contribution in [0.15, 0.2) is 0 Å². The fourth-order valence-corrected chi connectivity index (χ4v) is 0. The molecule has 6 heavy (non-hydrogen) atoms. The summed E-state index contributed by atoms with van der Waals surface area (Å²) in [7, 11) is 1.81. The Hall–Kier alpha value is 0.215. The Labute approximate surface area is 46.6 Å². The number of hydrogen-bond donors (Lipinski definition) is 0. The number of carbonyl (C=O) groups is 1. The number of hydrogen-bond acceptors (Lipinski definition) is 1.